The lowest BCUT2D eigenvalue weighted by molar-refractivity contribution is -0.118. The molecule has 0 radical (unpaired) electrons. The smallest absolute Gasteiger partial charge is 0.230 e. The number of hydrogen-bond acceptors (Lipinski definition) is 2. The van der Waals surface area contributed by atoms with E-state index in [0.717, 1.165) is 32.4 Å². The van der Waals surface area contributed by atoms with Gasteiger partial charge in [0.1, 0.15) is 0 Å². The van der Waals surface area contributed by atoms with E-state index in [-0.39, 0.29) is 5.91 Å². The maximum absolute atomic E-state index is 10.8. The Morgan fingerprint density at radius 3 is 3.08 bits per heavy atom. The van der Waals surface area contributed by atoms with Gasteiger partial charge in [0, 0.05) is 13.2 Å². The van der Waals surface area contributed by atoms with Crippen molar-refractivity contribution in [2.45, 2.75) is 25.4 Å². The van der Waals surface area contributed by atoms with Crippen LogP contribution < -0.4 is 5.32 Å². The lowest BCUT2D eigenvalue weighted by Crippen LogP contribution is -2.27. The third-order valence-electron chi connectivity index (χ3n) is 1.93. The maximum atomic E-state index is 10.8. The van der Waals surface area contributed by atoms with E-state index in [2.05, 4.69) is 21.2 Å². The fourth-order valence-corrected chi connectivity index (χ4v) is 1.49. The Bertz CT molecular complexity index is 146. The van der Waals surface area contributed by atoms with Gasteiger partial charge in [0.2, 0.25) is 5.91 Å². The van der Waals surface area contributed by atoms with Crippen molar-refractivity contribution in [3.63, 3.8) is 0 Å². The first kappa shape index (κ1) is 9.99. The molecule has 0 bridgehead atoms. The van der Waals surface area contributed by atoms with Crippen LogP contribution in [0, 0.1) is 0 Å². The standard InChI is InChI=1S/C8H14BrNO2/c9-6-8(11)10-4-3-7-2-1-5-12-7/h7H,1-6H2,(H,10,11). The molecule has 4 heteroatoms. The highest BCUT2D eigenvalue weighted by Gasteiger charge is 2.14. The normalized spacial score (nSPS) is 22.6. The highest BCUT2D eigenvalue weighted by atomic mass is 79.9. The fraction of sp³-hybridized carbons (Fsp3) is 0.875. The number of rotatable bonds is 4. The Labute approximate surface area is 81.0 Å². The monoisotopic (exact) mass is 235 g/mol. The molecule has 70 valence electrons. The molecule has 0 aliphatic carbocycles. The number of hydrogen-bond donors (Lipinski definition) is 1. The summed E-state index contributed by atoms with van der Waals surface area (Å²) in [6.45, 7) is 1.62. The molecule has 0 aromatic rings. The van der Waals surface area contributed by atoms with E-state index in [1.165, 1.54) is 0 Å². The summed E-state index contributed by atoms with van der Waals surface area (Å²) in [5, 5.41) is 3.18. The summed E-state index contributed by atoms with van der Waals surface area (Å²) in [6.07, 6.45) is 3.63. The zero-order chi connectivity index (χ0) is 8.81. The minimum atomic E-state index is 0.0491. The van der Waals surface area contributed by atoms with Crippen LogP contribution in [0.1, 0.15) is 19.3 Å². The van der Waals surface area contributed by atoms with Crippen LogP contribution in [0.4, 0.5) is 0 Å². The van der Waals surface area contributed by atoms with E-state index in [1.807, 2.05) is 0 Å². The Hall–Kier alpha value is -0.0900. The predicted molar refractivity (Wildman–Crippen MR) is 50.4 cm³/mol. The van der Waals surface area contributed by atoms with Crippen molar-refractivity contribution in [2.24, 2.45) is 0 Å². The highest BCUT2D eigenvalue weighted by Crippen LogP contribution is 2.14. The molecule has 1 aliphatic rings. The second-order valence-corrected chi connectivity index (χ2v) is 3.47. The van der Waals surface area contributed by atoms with E-state index in [1.54, 1.807) is 0 Å². The fourth-order valence-electron chi connectivity index (χ4n) is 1.29. The van der Waals surface area contributed by atoms with Crippen LogP contribution >= 0.6 is 15.9 Å². The molecule has 1 aliphatic heterocycles. The average Bonchev–Trinajstić information content (AvgIpc) is 2.57. The number of halogens is 1. The molecule has 0 aromatic heterocycles. The number of nitrogens with one attached hydrogen (secondary N) is 1. The van der Waals surface area contributed by atoms with Crippen molar-refractivity contribution in [1.29, 1.82) is 0 Å². The van der Waals surface area contributed by atoms with Gasteiger partial charge < -0.3 is 10.1 Å². The van der Waals surface area contributed by atoms with Crippen LogP contribution in [-0.2, 0) is 9.53 Å². The summed E-state index contributed by atoms with van der Waals surface area (Å²) in [5.41, 5.74) is 0. The summed E-state index contributed by atoms with van der Waals surface area (Å²) in [5.74, 6) is 0.0491. The van der Waals surface area contributed by atoms with Crippen LogP contribution in [0.15, 0.2) is 0 Å². The lowest BCUT2D eigenvalue weighted by Gasteiger charge is -2.08. The van der Waals surface area contributed by atoms with Crippen LogP contribution in [-0.4, -0.2) is 30.5 Å². The first-order chi connectivity index (χ1) is 5.83. The van der Waals surface area contributed by atoms with Crippen molar-refractivity contribution in [1.82, 2.24) is 5.32 Å². The lowest BCUT2D eigenvalue weighted by atomic mass is 10.2. The number of amides is 1. The Kier molecular flexibility index (Phi) is 4.61. The third kappa shape index (κ3) is 3.54. The Morgan fingerprint density at radius 2 is 2.50 bits per heavy atom. The molecule has 12 heavy (non-hydrogen) atoms. The maximum Gasteiger partial charge on any atom is 0.230 e. The molecule has 1 heterocycles. The van der Waals surface area contributed by atoms with Crippen LogP contribution in [0.5, 0.6) is 0 Å². The molecule has 1 unspecified atom stereocenters. The summed E-state index contributed by atoms with van der Waals surface area (Å²) in [4.78, 5) is 10.8. The Balaban J connectivity index is 1.97. The first-order valence-corrected chi connectivity index (χ1v) is 5.39. The van der Waals surface area contributed by atoms with Gasteiger partial charge in [-0.2, -0.15) is 0 Å². The van der Waals surface area contributed by atoms with E-state index >= 15 is 0 Å². The van der Waals surface area contributed by atoms with E-state index in [9.17, 15) is 4.79 Å². The molecule has 1 saturated heterocycles. The van der Waals surface area contributed by atoms with Crippen molar-refractivity contribution in [3.05, 3.63) is 0 Å². The summed E-state index contributed by atoms with van der Waals surface area (Å²) < 4.78 is 5.41. The highest BCUT2D eigenvalue weighted by molar-refractivity contribution is 9.09. The van der Waals surface area contributed by atoms with Gasteiger partial charge in [0.25, 0.3) is 0 Å². The van der Waals surface area contributed by atoms with Gasteiger partial charge in [-0.1, -0.05) is 15.9 Å². The molecule has 1 fully saturated rings. The van der Waals surface area contributed by atoms with Gasteiger partial charge in [-0.15, -0.1) is 0 Å². The molecule has 3 nitrogen and oxygen atoms in total. The zero-order valence-electron chi connectivity index (χ0n) is 7.01. The molecular weight excluding hydrogens is 222 g/mol. The SMILES string of the molecule is O=C(CBr)NCCC1CCCO1. The van der Waals surface area contributed by atoms with Crippen LogP contribution in [0.2, 0.25) is 0 Å². The van der Waals surface area contributed by atoms with Gasteiger partial charge in [-0.05, 0) is 19.3 Å². The van der Waals surface area contributed by atoms with E-state index in [0.29, 0.717) is 11.4 Å². The van der Waals surface area contributed by atoms with Crippen molar-refractivity contribution < 1.29 is 9.53 Å². The van der Waals surface area contributed by atoms with Crippen molar-refractivity contribution in [2.75, 3.05) is 18.5 Å². The van der Waals surface area contributed by atoms with E-state index < -0.39 is 0 Å². The van der Waals surface area contributed by atoms with Gasteiger partial charge in [-0.25, -0.2) is 0 Å². The molecule has 0 spiro atoms. The molecule has 1 atom stereocenters. The van der Waals surface area contributed by atoms with Crippen LogP contribution in [0.25, 0.3) is 0 Å². The molecule has 0 aromatic carbocycles. The second-order valence-electron chi connectivity index (χ2n) is 2.91. The van der Waals surface area contributed by atoms with Gasteiger partial charge in [0.05, 0.1) is 11.4 Å². The average molecular weight is 236 g/mol. The van der Waals surface area contributed by atoms with Gasteiger partial charge in [-0.3, -0.25) is 4.79 Å². The number of carbonyl (C=O) groups is 1. The summed E-state index contributed by atoms with van der Waals surface area (Å²) in [7, 11) is 0. The minimum absolute atomic E-state index is 0.0491. The quantitative estimate of drug-likeness (QED) is 0.741. The topological polar surface area (TPSA) is 38.3 Å². The Morgan fingerprint density at radius 1 is 1.67 bits per heavy atom. The second kappa shape index (κ2) is 5.54. The first-order valence-electron chi connectivity index (χ1n) is 4.27. The molecule has 0 saturated carbocycles. The summed E-state index contributed by atoms with van der Waals surface area (Å²) >= 11 is 3.09. The van der Waals surface area contributed by atoms with Crippen molar-refractivity contribution in [3.8, 4) is 0 Å². The zero-order valence-corrected chi connectivity index (χ0v) is 8.60. The van der Waals surface area contributed by atoms with Crippen molar-refractivity contribution >= 4 is 21.8 Å². The molecule has 1 rings (SSSR count). The number of alkyl halides is 1. The largest absolute Gasteiger partial charge is 0.378 e. The minimum Gasteiger partial charge on any atom is -0.378 e. The molecular formula is C8H14BrNO2. The summed E-state index contributed by atoms with van der Waals surface area (Å²) in [6, 6.07) is 0. The van der Waals surface area contributed by atoms with Gasteiger partial charge in [0.15, 0.2) is 0 Å². The number of ether oxygens (including phenoxy) is 1. The van der Waals surface area contributed by atoms with Gasteiger partial charge >= 0.3 is 0 Å². The molecule has 1 N–H and O–H groups in total. The number of carbonyl (C=O) groups excluding carboxylic acids is 1. The molecule has 1 amide bonds. The van der Waals surface area contributed by atoms with E-state index in [4.69, 9.17) is 4.74 Å². The predicted octanol–water partition coefficient (Wildman–Crippen LogP) is 1.07. The van der Waals surface area contributed by atoms with Crippen LogP contribution in [0.3, 0.4) is 0 Å². The third-order valence-corrected chi connectivity index (χ3v) is 2.44.